The second-order valence-corrected chi connectivity index (χ2v) is 5.79. The molecule has 118 valence electrons. The molecule has 23 heavy (non-hydrogen) atoms. The number of anilines is 1. The number of hydrogen-bond donors (Lipinski definition) is 2. The van der Waals surface area contributed by atoms with Crippen LogP contribution in [0.1, 0.15) is 41.9 Å². The molecule has 1 unspecified atom stereocenters. The van der Waals surface area contributed by atoms with Crippen LogP contribution in [0.5, 0.6) is 0 Å². The van der Waals surface area contributed by atoms with E-state index in [2.05, 4.69) is 15.6 Å². The molecule has 0 bridgehead atoms. The molecule has 1 aliphatic carbocycles. The summed E-state index contributed by atoms with van der Waals surface area (Å²) in [6.07, 6.45) is 3.60. The summed E-state index contributed by atoms with van der Waals surface area (Å²) in [6, 6.07) is 12.4. The van der Waals surface area contributed by atoms with E-state index in [1.165, 1.54) is 0 Å². The third-order valence-electron chi connectivity index (χ3n) is 3.82. The molecular formula is C18H19N3O2. The lowest BCUT2D eigenvalue weighted by Crippen LogP contribution is -2.27. The van der Waals surface area contributed by atoms with Gasteiger partial charge in [0.1, 0.15) is 0 Å². The van der Waals surface area contributed by atoms with Gasteiger partial charge in [0.25, 0.3) is 5.91 Å². The summed E-state index contributed by atoms with van der Waals surface area (Å²) in [7, 11) is 0. The van der Waals surface area contributed by atoms with Crippen LogP contribution in [-0.4, -0.2) is 16.8 Å². The van der Waals surface area contributed by atoms with Gasteiger partial charge >= 0.3 is 0 Å². The lowest BCUT2D eigenvalue weighted by Gasteiger charge is -2.14. The van der Waals surface area contributed by atoms with Gasteiger partial charge in [-0.1, -0.05) is 12.1 Å². The molecule has 1 saturated carbocycles. The molecule has 0 spiro atoms. The molecule has 0 saturated heterocycles. The maximum atomic E-state index is 12.4. The first-order valence-corrected chi connectivity index (χ1v) is 7.76. The number of rotatable bonds is 5. The van der Waals surface area contributed by atoms with Crippen molar-refractivity contribution in [3.8, 4) is 0 Å². The van der Waals surface area contributed by atoms with E-state index in [-0.39, 0.29) is 23.8 Å². The Hall–Kier alpha value is -2.69. The molecule has 1 aromatic heterocycles. The van der Waals surface area contributed by atoms with Gasteiger partial charge in [0.05, 0.1) is 11.7 Å². The number of nitrogens with one attached hydrogen (secondary N) is 2. The average molecular weight is 309 g/mol. The van der Waals surface area contributed by atoms with Crippen LogP contribution in [0.3, 0.4) is 0 Å². The van der Waals surface area contributed by atoms with Gasteiger partial charge in [-0.3, -0.25) is 14.6 Å². The highest BCUT2D eigenvalue weighted by Gasteiger charge is 2.29. The van der Waals surface area contributed by atoms with Gasteiger partial charge in [0.15, 0.2) is 0 Å². The number of benzene rings is 1. The Morgan fingerprint density at radius 2 is 2.00 bits per heavy atom. The first-order valence-electron chi connectivity index (χ1n) is 7.76. The quantitative estimate of drug-likeness (QED) is 0.892. The van der Waals surface area contributed by atoms with Crippen molar-refractivity contribution in [2.24, 2.45) is 5.92 Å². The van der Waals surface area contributed by atoms with E-state index in [0.717, 1.165) is 18.5 Å². The predicted octanol–water partition coefficient (Wildman–Crippen LogP) is 2.92. The predicted molar refractivity (Wildman–Crippen MR) is 87.9 cm³/mol. The van der Waals surface area contributed by atoms with Gasteiger partial charge in [-0.25, -0.2) is 0 Å². The lowest BCUT2D eigenvalue weighted by atomic mass is 10.1. The highest BCUT2D eigenvalue weighted by atomic mass is 16.2. The van der Waals surface area contributed by atoms with E-state index >= 15 is 0 Å². The second kappa shape index (κ2) is 6.60. The van der Waals surface area contributed by atoms with Gasteiger partial charge in [0, 0.05) is 23.4 Å². The van der Waals surface area contributed by atoms with Crippen molar-refractivity contribution in [1.29, 1.82) is 0 Å². The van der Waals surface area contributed by atoms with Crippen molar-refractivity contribution >= 4 is 17.5 Å². The van der Waals surface area contributed by atoms with Crippen LogP contribution < -0.4 is 10.6 Å². The van der Waals surface area contributed by atoms with Crippen LogP contribution in [0.2, 0.25) is 0 Å². The lowest BCUT2D eigenvalue weighted by molar-refractivity contribution is -0.117. The van der Waals surface area contributed by atoms with E-state index in [1.807, 2.05) is 25.1 Å². The molecule has 2 N–H and O–H groups in total. The third-order valence-corrected chi connectivity index (χ3v) is 3.82. The number of aromatic nitrogens is 1. The maximum absolute atomic E-state index is 12.4. The maximum Gasteiger partial charge on any atom is 0.251 e. The molecular weight excluding hydrogens is 290 g/mol. The van der Waals surface area contributed by atoms with E-state index in [4.69, 9.17) is 0 Å². The van der Waals surface area contributed by atoms with Gasteiger partial charge in [-0.2, -0.15) is 0 Å². The summed E-state index contributed by atoms with van der Waals surface area (Å²) in [5, 5.41) is 5.77. The zero-order valence-electron chi connectivity index (χ0n) is 13.0. The SMILES string of the molecule is CC(NC(=O)c1cccc(NC(=O)C2CC2)c1)c1ccccn1. The number of hydrogen-bond acceptors (Lipinski definition) is 3. The minimum atomic E-state index is -0.189. The fraction of sp³-hybridized carbons (Fsp3) is 0.278. The van der Waals surface area contributed by atoms with Gasteiger partial charge < -0.3 is 10.6 Å². The zero-order valence-corrected chi connectivity index (χ0v) is 13.0. The molecule has 2 aromatic rings. The molecule has 5 nitrogen and oxygen atoms in total. The first-order chi connectivity index (χ1) is 11.1. The van der Waals surface area contributed by atoms with Crippen molar-refractivity contribution in [2.45, 2.75) is 25.8 Å². The minimum absolute atomic E-state index is 0.0319. The van der Waals surface area contributed by atoms with Gasteiger partial charge in [0.2, 0.25) is 5.91 Å². The van der Waals surface area contributed by atoms with Crippen LogP contribution in [0, 0.1) is 5.92 Å². The topological polar surface area (TPSA) is 71.1 Å². The van der Waals surface area contributed by atoms with Crippen molar-refractivity contribution < 1.29 is 9.59 Å². The standard InChI is InChI=1S/C18H19N3O2/c1-12(16-7-2-3-10-19-16)20-18(23)14-5-4-6-15(11-14)21-17(22)13-8-9-13/h2-7,10-13H,8-9H2,1H3,(H,20,23)(H,21,22). The molecule has 0 aliphatic heterocycles. The van der Waals surface area contributed by atoms with Gasteiger partial charge in [-0.15, -0.1) is 0 Å². The first kappa shape index (κ1) is 15.2. The molecule has 3 rings (SSSR count). The summed E-state index contributed by atoms with van der Waals surface area (Å²) >= 11 is 0. The smallest absolute Gasteiger partial charge is 0.251 e. The number of carbonyl (C=O) groups excluding carboxylic acids is 2. The van der Waals surface area contributed by atoms with Crippen LogP contribution in [0.15, 0.2) is 48.7 Å². The third kappa shape index (κ3) is 3.94. The van der Waals surface area contributed by atoms with Crippen molar-refractivity contribution in [3.05, 3.63) is 59.9 Å². The Balaban J connectivity index is 1.66. The van der Waals surface area contributed by atoms with Gasteiger partial charge in [-0.05, 0) is 50.1 Å². The summed E-state index contributed by atoms with van der Waals surface area (Å²) < 4.78 is 0. The Kier molecular flexibility index (Phi) is 4.37. The molecule has 1 atom stereocenters. The Bertz CT molecular complexity index is 711. The van der Waals surface area contributed by atoms with Crippen LogP contribution in [0.4, 0.5) is 5.69 Å². The van der Waals surface area contributed by atoms with Crippen LogP contribution >= 0.6 is 0 Å². The van der Waals surface area contributed by atoms with Crippen molar-refractivity contribution in [2.75, 3.05) is 5.32 Å². The normalized spacial score (nSPS) is 14.8. The highest BCUT2D eigenvalue weighted by Crippen LogP contribution is 2.30. The number of nitrogens with zero attached hydrogens (tertiary/aromatic N) is 1. The van der Waals surface area contributed by atoms with E-state index in [1.54, 1.807) is 30.5 Å². The number of amides is 2. The summed E-state index contributed by atoms with van der Waals surface area (Å²) in [5.74, 6) is -0.0215. The Labute approximate surface area is 135 Å². The molecule has 1 aromatic carbocycles. The van der Waals surface area contributed by atoms with Crippen LogP contribution in [-0.2, 0) is 4.79 Å². The zero-order chi connectivity index (χ0) is 16.2. The van der Waals surface area contributed by atoms with Crippen molar-refractivity contribution in [3.63, 3.8) is 0 Å². The summed E-state index contributed by atoms with van der Waals surface area (Å²) in [6.45, 7) is 1.89. The fourth-order valence-electron chi connectivity index (χ4n) is 2.31. The average Bonchev–Trinajstić information content (AvgIpc) is 3.41. The minimum Gasteiger partial charge on any atom is -0.344 e. The number of carbonyl (C=O) groups is 2. The second-order valence-electron chi connectivity index (χ2n) is 5.79. The Morgan fingerprint density at radius 1 is 1.17 bits per heavy atom. The molecule has 1 fully saturated rings. The molecule has 2 amide bonds. The van der Waals surface area contributed by atoms with E-state index in [0.29, 0.717) is 11.3 Å². The number of pyridine rings is 1. The summed E-state index contributed by atoms with van der Waals surface area (Å²) in [4.78, 5) is 28.4. The summed E-state index contributed by atoms with van der Waals surface area (Å²) in [5.41, 5.74) is 1.97. The highest BCUT2D eigenvalue weighted by molar-refractivity contribution is 5.98. The molecule has 1 heterocycles. The molecule has 0 radical (unpaired) electrons. The largest absolute Gasteiger partial charge is 0.344 e. The molecule has 5 heteroatoms. The Morgan fingerprint density at radius 3 is 2.70 bits per heavy atom. The monoisotopic (exact) mass is 309 g/mol. The van der Waals surface area contributed by atoms with E-state index in [9.17, 15) is 9.59 Å². The van der Waals surface area contributed by atoms with E-state index < -0.39 is 0 Å². The van der Waals surface area contributed by atoms with Crippen LogP contribution in [0.25, 0.3) is 0 Å². The fourth-order valence-corrected chi connectivity index (χ4v) is 2.31. The van der Waals surface area contributed by atoms with Crippen molar-refractivity contribution in [1.82, 2.24) is 10.3 Å². The molecule has 1 aliphatic rings.